The number of nitrogens with one attached hydrogen (secondary N) is 1. The van der Waals surface area contributed by atoms with Gasteiger partial charge in [0.25, 0.3) is 11.6 Å². The second-order valence-corrected chi connectivity index (χ2v) is 9.72. The van der Waals surface area contributed by atoms with Crippen molar-refractivity contribution < 1.29 is 19.2 Å². The van der Waals surface area contributed by atoms with Crippen molar-refractivity contribution in [3.05, 3.63) is 90.1 Å². The highest BCUT2D eigenvalue weighted by Crippen LogP contribution is 2.32. The highest BCUT2D eigenvalue weighted by molar-refractivity contribution is 9.10. The maximum absolute atomic E-state index is 13.2. The number of hydrogen-bond acceptors (Lipinski definition) is 6. The van der Waals surface area contributed by atoms with Crippen LogP contribution in [0.25, 0.3) is 0 Å². The summed E-state index contributed by atoms with van der Waals surface area (Å²) in [7, 11) is 0. The van der Waals surface area contributed by atoms with E-state index in [1.54, 1.807) is 24.3 Å². The molecule has 2 aromatic carbocycles. The summed E-state index contributed by atoms with van der Waals surface area (Å²) in [5.41, 5.74) is 1.95. The fourth-order valence-electron chi connectivity index (χ4n) is 3.75. The largest absolute Gasteiger partial charge is 0.443 e. The molecule has 0 radical (unpaired) electrons. The summed E-state index contributed by atoms with van der Waals surface area (Å²) in [6.45, 7) is 0. The Bertz CT molecular complexity index is 1170. The molecule has 1 atom stereocenters. The summed E-state index contributed by atoms with van der Waals surface area (Å²) in [4.78, 5) is 38.3. The minimum Gasteiger partial charge on any atom is -0.443 e. The summed E-state index contributed by atoms with van der Waals surface area (Å²) in [6, 6.07) is 14.7. The monoisotopic (exact) mass is 528 g/mol. The molecule has 0 saturated heterocycles. The maximum atomic E-state index is 13.2. The quantitative estimate of drug-likeness (QED) is 0.177. The number of carbonyl (C=O) groups is 2. The van der Waals surface area contributed by atoms with Gasteiger partial charge in [0.05, 0.1) is 10.6 Å². The molecule has 0 fully saturated rings. The average molecular weight is 529 g/mol. The molecular formula is C24H21BrN2O5S. The smallest absolute Gasteiger partial charge is 0.349 e. The highest BCUT2D eigenvalue weighted by atomic mass is 79.9. The summed E-state index contributed by atoms with van der Waals surface area (Å²) in [6.07, 6.45) is 4.15. The number of nitro groups is 1. The number of benzene rings is 2. The van der Waals surface area contributed by atoms with E-state index in [4.69, 9.17) is 4.74 Å². The number of fused-ring (bicyclic) bond motifs is 1. The van der Waals surface area contributed by atoms with Crippen LogP contribution in [-0.4, -0.2) is 16.8 Å². The van der Waals surface area contributed by atoms with Crippen molar-refractivity contribution >= 4 is 50.5 Å². The summed E-state index contributed by atoms with van der Waals surface area (Å²) < 4.78 is 6.06. The second kappa shape index (κ2) is 10.3. The highest BCUT2D eigenvalue weighted by Gasteiger charge is 2.28. The normalized spacial score (nSPS) is 14.0. The Morgan fingerprint density at radius 2 is 1.82 bits per heavy atom. The molecular weight excluding hydrogens is 508 g/mol. The number of amides is 1. The van der Waals surface area contributed by atoms with E-state index in [0.29, 0.717) is 20.6 Å². The Morgan fingerprint density at radius 1 is 1.06 bits per heavy atom. The number of ether oxygens (including phenoxy) is 1. The molecule has 1 aliphatic carbocycles. The zero-order chi connectivity index (χ0) is 23.4. The number of nitro benzene ring substituents is 1. The molecule has 0 aliphatic heterocycles. The molecule has 1 heterocycles. The predicted octanol–water partition coefficient (Wildman–Crippen LogP) is 6.22. The predicted molar refractivity (Wildman–Crippen MR) is 130 cm³/mol. The number of thiophene rings is 1. The third-order valence-electron chi connectivity index (χ3n) is 5.43. The van der Waals surface area contributed by atoms with Crippen LogP contribution >= 0.6 is 27.3 Å². The molecule has 1 N–H and O–H groups in total. The van der Waals surface area contributed by atoms with Crippen LogP contribution < -0.4 is 5.32 Å². The van der Waals surface area contributed by atoms with Crippen LogP contribution in [0.1, 0.15) is 51.0 Å². The Labute approximate surface area is 203 Å². The van der Waals surface area contributed by atoms with E-state index in [9.17, 15) is 19.7 Å². The van der Waals surface area contributed by atoms with Gasteiger partial charge in [-0.05, 0) is 59.3 Å². The molecule has 9 heteroatoms. The van der Waals surface area contributed by atoms with E-state index >= 15 is 0 Å². The van der Waals surface area contributed by atoms with Gasteiger partial charge in [-0.3, -0.25) is 14.9 Å². The second-order valence-electron chi connectivity index (χ2n) is 7.73. The van der Waals surface area contributed by atoms with E-state index < -0.39 is 22.9 Å². The van der Waals surface area contributed by atoms with Crippen molar-refractivity contribution in [2.75, 3.05) is 5.32 Å². The Balaban J connectivity index is 1.56. The molecule has 0 unspecified atom stereocenters. The van der Waals surface area contributed by atoms with E-state index in [1.165, 1.54) is 46.4 Å². The summed E-state index contributed by atoms with van der Waals surface area (Å²) >= 11 is 4.69. The lowest BCUT2D eigenvalue weighted by Gasteiger charge is -2.18. The van der Waals surface area contributed by atoms with Gasteiger partial charge in [0, 0.05) is 27.0 Å². The van der Waals surface area contributed by atoms with Gasteiger partial charge in [-0.15, -0.1) is 11.3 Å². The lowest BCUT2D eigenvalue weighted by atomic mass is 10.1. The first-order valence-electron chi connectivity index (χ1n) is 10.5. The SMILES string of the molecule is O=C(O[C@@H](C(=O)Nc1ccc([N+](=O)[O-])cc1Br)c1ccccc1)c1cc2c(s1)CCCCC2. The lowest BCUT2D eigenvalue weighted by molar-refractivity contribution is -0.384. The van der Waals surface area contributed by atoms with E-state index in [-0.39, 0.29) is 5.69 Å². The van der Waals surface area contributed by atoms with Gasteiger partial charge in [-0.25, -0.2) is 4.79 Å². The molecule has 33 heavy (non-hydrogen) atoms. The van der Waals surface area contributed by atoms with Crippen molar-refractivity contribution in [3.63, 3.8) is 0 Å². The molecule has 4 rings (SSSR count). The zero-order valence-electron chi connectivity index (χ0n) is 17.6. The maximum Gasteiger partial charge on any atom is 0.349 e. The number of halogens is 1. The lowest BCUT2D eigenvalue weighted by Crippen LogP contribution is -2.26. The van der Waals surface area contributed by atoms with E-state index in [1.807, 2.05) is 12.1 Å². The fourth-order valence-corrected chi connectivity index (χ4v) is 5.35. The number of carbonyl (C=O) groups excluding carboxylic acids is 2. The molecule has 7 nitrogen and oxygen atoms in total. The Hall–Kier alpha value is -3.04. The molecule has 170 valence electrons. The number of hydrogen-bond donors (Lipinski definition) is 1. The first kappa shape index (κ1) is 23.1. The van der Waals surface area contributed by atoms with Crippen molar-refractivity contribution in [1.29, 1.82) is 0 Å². The van der Waals surface area contributed by atoms with Crippen LogP contribution in [0.3, 0.4) is 0 Å². The third-order valence-corrected chi connectivity index (χ3v) is 7.31. The number of aryl methyl sites for hydroxylation is 2. The minimum atomic E-state index is -1.18. The number of non-ortho nitro benzene ring substituents is 1. The van der Waals surface area contributed by atoms with Crippen LogP contribution in [-0.2, 0) is 22.4 Å². The third kappa shape index (κ3) is 5.48. The Kier molecular flexibility index (Phi) is 7.20. The summed E-state index contributed by atoms with van der Waals surface area (Å²) in [5, 5.41) is 13.7. The van der Waals surface area contributed by atoms with Crippen LogP contribution in [0.2, 0.25) is 0 Å². The number of nitrogens with zero attached hydrogens (tertiary/aromatic N) is 1. The van der Waals surface area contributed by atoms with Gasteiger partial charge in [-0.1, -0.05) is 36.8 Å². The van der Waals surface area contributed by atoms with Crippen LogP contribution in [0, 0.1) is 10.1 Å². The van der Waals surface area contributed by atoms with E-state index in [0.717, 1.165) is 25.7 Å². The number of esters is 1. The van der Waals surface area contributed by atoms with Gasteiger partial charge in [0.1, 0.15) is 4.88 Å². The molecule has 1 aromatic heterocycles. The van der Waals surface area contributed by atoms with Gasteiger partial charge in [-0.2, -0.15) is 0 Å². The van der Waals surface area contributed by atoms with Gasteiger partial charge in [0.15, 0.2) is 0 Å². The van der Waals surface area contributed by atoms with Crippen LogP contribution in [0.15, 0.2) is 59.1 Å². The minimum absolute atomic E-state index is 0.108. The summed E-state index contributed by atoms with van der Waals surface area (Å²) in [5.74, 6) is -1.10. The fraction of sp³-hybridized carbons (Fsp3) is 0.250. The van der Waals surface area contributed by atoms with Crippen LogP contribution in [0.5, 0.6) is 0 Å². The first-order chi connectivity index (χ1) is 15.9. The molecule has 0 bridgehead atoms. The topological polar surface area (TPSA) is 98.5 Å². The van der Waals surface area contributed by atoms with Crippen molar-refractivity contribution in [2.45, 2.75) is 38.2 Å². The van der Waals surface area contributed by atoms with Gasteiger partial charge in [0.2, 0.25) is 6.10 Å². The standard InChI is InChI=1S/C24H21BrN2O5S/c25-18-14-17(27(30)31)11-12-19(18)26-23(28)22(15-7-3-1-4-8-15)32-24(29)21-13-16-9-5-2-6-10-20(16)33-21/h1,3-4,7-8,11-14,22H,2,5-6,9-10H2,(H,26,28)/t22-/m1/s1. The van der Waals surface area contributed by atoms with Crippen molar-refractivity contribution in [1.82, 2.24) is 0 Å². The molecule has 1 amide bonds. The van der Waals surface area contributed by atoms with Crippen molar-refractivity contribution in [3.8, 4) is 0 Å². The Morgan fingerprint density at radius 3 is 2.55 bits per heavy atom. The molecule has 1 aliphatic rings. The average Bonchev–Trinajstić information content (AvgIpc) is 3.09. The number of anilines is 1. The molecule has 0 spiro atoms. The van der Waals surface area contributed by atoms with Gasteiger partial charge < -0.3 is 10.1 Å². The molecule has 3 aromatic rings. The van der Waals surface area contributed by atoms with Crippen LogP contribution in [0.4, 0.5) is 11.4 Å². The number of rotatable bonds is 6. The van der Waals surface area contributed by atoms with E-state index in [2.05, 4.69) is 21.2 Å². The van der Waals surface area contributed by atoms with Gasteiger partial charge >= 0.3 is 5.97 Å². The first-order valence-corrected chi connectivity index (χ1v) is 12.2. The molecule has 0 saturated carbocycles. The zero-order valence-corrected chi connectivity index (χ0v) is 20.0. The van der Waals surface area contributed by atoms with Crippen molar-refractivity contribution in [2.24, 2.45) is 0 Å².